The summed E-state index contributed by atoms with van der Waals surface area (Å²) in [5.74, 6) is -1.13. The highest BCUT2D eigenvalue weighted by Gasteiger charge is 2.19. The average molecular weight is 379 g/mol. The predicted molar refractivity (Wildman–Crippen MR) is 106 cm³/mol. The van der Waals surface area contributed by atoms with Crippen molar-refractivity contribution >= 4 is 22.6 Å². The molecule has 0 saturated heterocycles. The number of esters is 1. The number of hydrogen-bond donors (Lipinski definition) is 1. The molecule has 0 spiro atoms. The molecule has 0 aliphatic carbocycles. The molecule has 0 aliphatic rings. The molecule has 0 saturated carbocycles. The van der Waals surface area contributed by atoms with Gasteiger partial charge in [0.15, 0.2) is 12.3 Å². The minimum atomic E-state index is -0.758. The minimum Gasteiger partial charge on any atom is -0.451 e. The molecule has 0 bridgehead atoms. The minimum absolute atomic E-state index is 0.0135. The van der Waals surface area contributed by atoms with E-state index in [2.05, 4.69) is 10.4 Å². The van der Waals surface area contributed by atoms with Gasteiger partial charge in [-0.05, 0) is 24.6 Å². The van der Waals surface area contributed by atoms with Crippen LogP contribution in [0, 0.1) is 0 Å². The standard InChI is InChI=1S/C21H21N3O4/c1-2-3-13-22-18(25)14-28-21(27)19-16-11-7-8-12-17(16)20(26)24(23-19)15-9-5-4-6-10-15/h4-12H,2-3,13-14H2,1H3,(H,22,25). The molecule has 0 atom stereocenters. The zero-order valence-electron chi connectivity index (χ0n) is 15.6. The largest absolute Gasteiger partial charge is 0.451 e. The molecule has 144 valence electrons. The van der Waals surface area contributed by atoms with E-state index in [-0.39, 0.29) is 17.2 Å². The summed E-state index contributed by atoms with van der Waals surface area (Å²) in [4.78, 5) is 37.2. The molecule has 7 heteroatoms. The van der Waals surface area contributed by atoms with Crippen molar-refractivity contribution in [2.24, 2.45) is 0 Å². The van der Waals surface area contributed by atoms with E-state index < -0.39 is 12.6 Å². The number of rotatable bonds is 7. The third kappa shape index (κ3) is 4.25. The van der Waals surface area contributed by atoms with Crippen LogP contribution in [0.1, 0.15) is 30.3 Å². The van der Waals surface area contributed by atoms with Crippen molar-refractivity contribution in [3.63, 3.8) is 0 Å². The Balaban J connectivity index is 1.92. The van der Waals surface area contributed by atoms with E-state index in [0.717, 1.165) is 12.8 Å². The van der Waals surface area contributed by atoms with Crippen molar-refractivity contribution in [3.8, 4) is 5.69 Å². The van der Waals surface area contributed by atoms with Gasteiger partial charge in [0.2, 0.25) is 0 Å². The summed E-state index contributed by atoms with van der Waals surface area (Å²) < 4.78 is 6.30. The Kier molecular flexibility index (Phi) is 6.16. The first-order valence-corrected chi connectivity index (χ1v) is 9.13. The Bertz CT molecular complexity index is 1040. The van der Waals surface area contributed by atoms with Gasteiger partial charge in [-0.25, -0.2) is 4.79 Å². The van der Waals surface area contributed by atoms with Crippen LogP contribution in [0.5, 0.6) is 0 Å². The molecule has 0 unspecified atom stereocenters. The summed E-state index contributed by atoms with van der Waals surface area (Å²) in [6, 6.07) is 15.5. The topological polar surface area (TPSA) is 90.3 Å². The molecule has 0 radical (unpaired) electrons. The number of nitrogens with one attached hydrogen (secondary N) is 1. The van der Waals surface area contributed by atoms with Crippen molar-refractivity contribution in [2.45, 2.75) is 19.8 Å². The number of aromatic nitrogens is 2. The molecule has 0 aliphatic heterocycles. The molecular formula is C21H21N3O4. The van der Waals surface area contributed by atoms with Gasteiger partial charge in [0.1, 0.15) is 0 Å². The SMILES string of the molecule is CCCCNC(=O)COC(=O)c1nn(-c2ccccc2)c(=O)c2ccccc12. The second-order valence-corrected chi connectivity index (χ2v) is 6.23. The number of nitrogens with zero attached hydrogens (tertiary/aromatic N) is 2. The van der Waals surface area contributed by atoms with Gasteiger partial charge < -0.3 is 10.1 Å². The monoisotopic (exact) mass is 379 g/mol. The van der Waals surface area contributed by atoms with Crippen LogP contribution in [-0.2, 0) is 9.53 Å². The van der Waals surface area contributed by atoms with Gasteiger partial charge in [-0.2, -0.15) is 9.78 Å². The number of amides is 1. The average Bonchev–Trinajstić information content (AvgIpc) is 2.73. The van der Waals surface area contributed by atoms with Crippen molar-refractivity contribution in [1.29, 1.82) is 0 Å². The molecule has 1 N–H and O–H groups in total. The number of ether oxygens (including phenoxy) is 1. The Morgan fingerprint density at radius 3 is 2.43 bits per heavy atom. The Morgan fingerprint density at radius 1 is 1.04 bits per heavy atom. The van der Waals surface area contributed by atoms with Crippen LogP contribution in [0.15, 0.2) is 59.4 Å². The quantitative estimate of drug-likeness (QED) is 0.503. The lowest BCUT2D eigenvalue weighted by molar-refractivity contribution is -0.124. The maximum Gasteiger partial charge on any atom is 0.359 e. The second-order valence-electron chi connectivity index (χ2n) is 6.23. The molecule has 28 heavy (non-hydrogen) atoms. The van der Waals surface area contributed by atoms with Crippen molar-refractivity contribution in [3.05, 3.63) is 70.6 Å². The van der Waals surface area contributed by atoms with Gasteiger partial charge in [-0.3, -0.25) is 9.59 Å². The molecule has 1 amide bonds. The van der Waals surface area contributed by atoms with Crippen LogP contribution in [0.2, 0.25) is 0 Å². The third-order valence-electron chi connectivity index (χ3n) is 4.19. The normalized spacial score (nSPS) is 10.6. The smallest absolute Gasteiger partial charge is 0.359 e. The zero-order chi connectivity index (χ0) is 19.9. The Labute approximate surface area is 161 Å². The van der Waals surface area contributed by atoms with Crippen LogP contribution in [0.4, 0.5) is 0 Å². The maximum atomic E-state index is 12.8. The fourth-order valence-corrected chi connectivity index (χ4v) is 2.74. The van der Waals surface area contributed by atoms with E-state index in [0.29, 0.717) is 23.0 Å². The highest BCUT2D eigenvalue weighted by molar-refractivity contribution is 6.02. The summed E-state index contributed by atoms with van der Waals surface area (Å²) >= 11 is 0. The van der Waals surface area contributed by atoms with Crippen LogP contribution in [0.3, 0.4) is 0 Å². The van der Waals surface area contributed by atoms with Gasteiger partial charge in [0, 0.05) is 11.9 Å². The first kappa shape index (κ1) is 19.3. The summed E-state index contributed by atoms with van der Waals surface area (Å²) in [6.07, 6.45) is 1.81. The van der Waals surface area contributed by atoms with Gasteiger partial charge in [0.25, 0.3) is 11.5 Å². The van der Waals surface area contributed by atoms with E-state index in [4.69, 9.17) is 4.74 Å². The van der Waals surface area contributed by atoms with Crippen molar-refractivity contribution < 1.29 is 14.3 Å². The summed E-state index contributed by atoms with van der Waals surface area (Å²) in [5, 5.41) is 7.64. The number of unbranched alkanes of at least 4 members (excludes halogenated alkanes) is 1. The molecule has 1 heterocycles. The van der Waals surface area contributed by atoms with Gasteiger partial charge >= 0.3 is 5.97 Å². The van der Waals surface area contributed by atoms with E-state index in [9.17, 15) is 14.4 Å². The summed E-state index contributed by atoms with van der Waals surface area (Å²) in [6.45, 7) is 2.15. The molecule has 1 aromatic heterocycles. The fourth-order valence-electron chi connectivity index (χ4n) is 2.74. The second kappa shape index (κ2) is 8.94. The first-order valence-electron chi connectivity index (χ1n) is 9.13. The van der Waals surface area contributed by atoms with E-state index in [1.54, 1.807) is 48.5 Å². The Hall–Kier alpha value is -3.48. The van der Waals surface area contributed by atoms with Crippen LogP contribution >= 0.6 is 0 Å². The zero-order valence-corrected chi connectivity index (χ0v) is 15.6. The molecule has 3 rings (SSSR count). The number of fused-ring (bicyclic) bond motifs is 1. The number of carbonyl (C=O) groups excluding carboxylic acids is 2. The number of benzene rings is 2. The van der Waals surface area contributed by atoms with Gasteiger partial charge in [0.05, 0.1) is 11.1 Å². The lowest BCUT2D eigenvalue weighted by atomic mass is 10.1. The first-order chi connectivity index (χ1) is 13.6. The lowest BCUT2D eigenvalue weighted by Crippen LogP contribution is -2.30. The van der Waals surface area contributed by atoms with Crippen molar-refractivity contribution in [1.82, 2.24) is 15.1 Å². The highest BCUT2D eigenvalue weighted by atomic mass is 16.5. The fraction of sp³-hybridized carbons (Fsp3) is 0.238. The van der Waals surface area contributed by atoms with E-state index in [1.165, 1.54) is 4.68 Å². The molecule has 0 fully saturated rings. The van der Waals surface area contributed by atoms with E-state index in [1.807, 2.05) is 13.0 Å². The lowest BCUT2D eigenvalue weighted by Gasteiger charge is -2.11. The number of para-hydroxylation sites is 1. The van der Waals surface area contributed by atoms with Gasteiger partial charge in [-0.15, -0.1) is 0 Å². The Morgan fingerprint density at radius 2 is 1.71 bits per heavy atom. The molecule has 7 nitrogen and oxygen atoms in total. The molecule has 2 aromatic carbocycles. The van der Waals surface area contributed by atoms with Gasteiger partial charge in [-0.1, -0.05) is 49.7 Å². The predicted octanol–water partition coefficient (Wildman–Crippen LogP) is 2.46. The molecule has 3 aromatic rings. The van der Waals surface area contributed by atoms with Crippen molar-refractivity contribution in [2.75, 3.05) is 13.2 Å². The third-order valence-corrected chi connectivity index (χ3v) is 4.19. The molecular weight excluding hydrogens is 358 g/mol. The summed E-state index contributed by atoms with van der Waals surface area (Å²) in [7, 11) is 0. The van der Waals surface area contributed by atoms with Crippen LogP contribution in [0.25, 0.3) is 16.5 Å². The number of carbonyl (C=O) groups is 2. The number of hydrogen-bond acceptors (Lipinski definition) is 5. The maximum absolute atomic E-state index is 12.8. The van der Waals surface area contributed by atoms with E-state index >= 15 is 0 Å². The summed E-state index contributed by atoms with van der Waals surface area (Å²) in [5.41, 5.74) is 0.181. The van der Waals surface area contributed by atoms with Crippen LogP contribution < -0.4 is 10.9 Å². The highest BCUT2D eigenvalue weighted by Crippen LogP contribution is 2.16. The van der Waals surface area contributed by atoms with Crippen LogP contribution in [-0.4, -0.2) is 34.8 Å².